The summed E-state index contributed by atoms with van der Waals surface area (Å²) >= 11 is 0. The fourth-order valence-electron chi connectivity index (χ4n) is 2.54. The van der Waals surface area contributed by atoms with Gasteiger partial charge in [0.25, 0.3) is 0 Å². The smallest absolute Gasteiger partial charge is 0.230 e. The average molecular weight is 261 g/mol. The minimum Gasteiger partial charge on any atom is -0.378 e. The molecule has 1 aromatic rings. The van der Waals surface area contributed by atoms with Gasteiger partial charge in [-0.05, 0) is 38.8 Å². The maximum absolute atomic E-state index is 12.2. The van der Waals surface area contributed by atoms with Crippen molar-refractivity contribution >= 4 is 17.4 Å². The summed E-state index contributed by atoms with van der Waals surface area (Å²) in [5.41, 5.74) is 2.06. The van der Waals surface area contributed by atoms with Crippen molar-refractivity contribution in [1.29, 1.82) is 0 Å². The minimum absolute atomic E-state index is 0.0379. The van der Waals surface area contributed by atoms with Crippen molar-refractivity contribution in [2.24, 2.45) is 5.92 Å². The highest BCUT2D eigenvalue weighted by Gasteiger charge is 2.31. The summed E-state index contributed by atoms with van der Waals surface area (Å²) in [6.45, 7) is 5.90. The molecule has 0 aliphatic carbocycles. The topological polar surface area (TPSA) is 55.4 Å². The Morgan fingerprint density at radius 3 is 2.68 bits per heavy atom. The molecule has 4 heteroatoms. The number of rotatable bonds is 3. The number of hydrogen-bond acceptors (Lipinski definition) is 3. The van der Waals surface area contributed by atoms with Crippen LogP contribution in [0.5, 0.6) is 0 Å². The Balaban J connectivity index is 2.21. The second-order valence-electron chi connectivity index (χ2n) is 5.01. The second-order valence-corrected chi connectivity index (χ2v) is 5.01. The van der Waals surface area contributed by atoms with Crippen LogP contribution in [0.2, 0.25) is 0 Å². The molecule has 0 radical (unpaired) electrons. The van der Waals surface area contributed by atoms with Crippen LogP contribution in [-0.4, -0.2) is 24.4 Å². The largest absolute Gasteiger partial charge is 0.378 e. The van der Waals surface area contributed by atoms with Gasteiger partial charge in [0.05, 0.1) is 17.7 Å². The van der Waals surface area contributed by atoms with E-state index in [1.807, 2.05) is 26.0 Å². The molecular weight excluding hydrogens is 242 g/mol. The van der Waals surface area contributed by atoms with Gasteiger partial charge in [-0.2, -0.15) is 0 Å². The Morgan fingerprint density at radius 1 is 1.37 bits per heavy atom. The highest BCUT2D eigenvalue weighted by molar-refractivity contribution is 6.05. The molecule has 1 heterocycles. The maximum Gasteiger partial charge on any atom is 0.230 e. The lowest BCUT2D eigenvalue weighted by Crippen LogP contribution is -2.28. The number of ketones is 1. The first-order valence-corrected chi connectivity index (χ1v) is 6.53. The van der Waals surface area contributed by atoms with E-state index in [1.54, 1.807) is 6.07 Å². The zero-order valence-electron chi connectivity index (χ0n) is 11.5. The van der Waals surface area contributed by atoms with Gasteiger partial charge in [0.1, 0.15) is 0 Å². The van der Waals surface area contributed by atoms with Gasteiger partial charge in [0, 0.05) is 12.2 Å². The zero-order chi connectivity index (χ0) is 14.0. The van der Waals surface area contributed by atoms with Crippen LogP contribution >= 0.6 is 0 Å². The predicted octanol–water partition coefficient (Wildman–Crippen LogP) is 2.56. The van der Waals surface area contributed by atoms with Gasteiger partial charge in [-0.1, -0.05) is 12.1 Å². The van der Waals surface area contributed by atoms with E-state index < -0.39 is 0 Å². The Bertz CT molecular complexity index is 510. The van der Waals surface area contributed by atoms with Crippen molar-refractivity contribution in [3.63, 3.8) is 0 Å². The third-order valence-electron chi connectivity index (χ3n) is 3.60. The van der Waals surface area contributed by atoms with Crippen LogP contribution in [0.3, 0.4) is 0 Å². The van der Waals surface area contributed by atoms with Crippen molar-refractivity contribution < 1.29 is 14.3 Å². The van der Waals surface area contributed by atoms with Crippen LogP contribution in [0.15, 0.2) is 18.2 Å². The lowest BCUT2D eigenvalue weighted by Gasteiger charge is -2.16. The second kappa shape index (κ2) is 5.53. The molecule has 0 saturated carbocycles. The highest BCUT2D eigenvalue weighted by atomic mass is 16.5. The first kappa shape index (κ1) is 13.7. The van der Waals surface area contributed by atoms with Crippen LogP contribution in [0, 0.1) is 12.8 Å². The fourth-order valence-corrected chi connectivity index (χ4v) is 2.54. The SMILES string of the molecule is CC(=O)c1c(C)cccc1NC(=O)C1CCOC1C. The number of hydrogen-bond donors (Lipinski definition) is 1. The van der Waals surface area contributed by atoms with Crippen LogP contribution in [0.25, 0.3) is 0 Å². The molecule has 102 valence electrons. The number of aryl methyl sites for hydroxylation is 1. The summed E-state index contributed by atoms with van der Waals surface area (Å²) in [6, 6.07) is 5.47. The molecule has 1 fully saturated rings. The molecule has 19 heavy (non-hydrogen) atoms. The van der Waals surface area contributed by atoms with Gasteiger partial charge in [0.15, 0.2) is 5.78 Å². The molecule has 2 atom stereocenters. The molecule has 0 spiro atoms. The summed E-state index contributed by atoms with van der Waals surface area (Å²) in [5, 5.41) is 2.87. The van der Waals surface area contributed by atoms with E-state index in [0.29, 0.717) is 17.9 Å². The Morgan fingerprint density at radius 2 is 2.11 bits per heavy atom. The average Bonchev–Trinajstić information content (AvgIpc) is 2.75. The van der Waals surface area contributed by atoms with Crippen molar-refractivity contribution in [3.05, 3.63) is 29.3 Å². The molecule has 1 aliphatic heterocycles. The molecule has 4 nitrogen and oxygen atoms in total. The van der Waals surface area contributed by atoms with Gasteiger partial charge < -0.3 is 10.1 Å². The number of carbonyl (C=O) groups is 2. The molecule has 0 bridgehead atoms. The van der Waals surface area contributed by atoms with Crippen molar-refractivity contribution in [2.75, 3.05) is 11.9 Å². The van der Waals surface area contributed by atoms with E-state index in [4.69, 9.17) is 4.74 Å². The monoisotopic (exact) mass is 261 g/mol. The van der Waals surface area contributed by atoms with Crippen LogP contribution in [0.1, 0.15) is 36.2 Å². The quantitative estimate of drug-likeness (QED) is 0.851. The van der Waals surface area contributed by atoms with Gasteiger partial charge >= 0.3 is 0 Å². The van der Waals surface area contributed by atoms with Crippen LogP contribution < -0.4 is 5.32 Å². The number of Topliss-reactive ketones (excluding diaryl/α,β-unsaturated/α-hetero) is 1. The molecule has 1 aliphatic rings. The standard InChI is InChI=1S/C15H19NO3/c1-9-5-4-6-13(14(9)10(2)17)16-15(18)12-7-8-19-11(12)3/h4-6,11-12H,7-8H2,1-3H3,(H,16,18). The Hall–Kier alpha value is -1.68. The van der Waals surface area contributed by atoms with E-state index in [2.05, 4.69) is 5.32 Å². The first-order chi connectivity index (χ1) is 9.00. The van der Waals surface area contributed by atoms with E-state index in [0.717, 1.165) is 12.0 Å². The minimum atomic E-state index is -0.139. The third kappa shape index (κ3) is 2.84. The predicted molar refractivity (Wildman–Crippen MR) is 73.3 cm³/mol. The molecule has 0 aromatic heterocycles. The van der Waals surface area contributed by atoms with E-state index in [1.165, 1.54) is 6.92 Å². The summed E-state index contributed by atoms with van der Waals surface area (Å²) in [6.07, 6.45) is 0.666. The highest BCUT2D eigenvalue weighted by Crippen LogP contribution is 2.25. The van der Waals surface area contributed by atoms with Gasteiger partial charge in [0.2, 0.25) is 5.91 Å². The number of amides is 1. The van der Waals surface area contributed by atoms with Gasteiger partial charge in [-0.3, -0.25) is 9.59 Å². The molecular formula is C15H19NO3. The number of benzene rings is 1. The van der Waals surface area contributed by atoms with Crippen LogP contribution in [0.4, 0.5) is 5.69 Å². The summed E-state index contributed by atoms with van der Waals surface area (Å²) < 4.78 is 5.40. The number of ether oxygens (including phenoxy) is 1. The zero-order valence-corrected chi connectivity index (χ0v) is 11.5. The first-order valence-electron chi connectivity index (χ1n) is 6.53. The van der Waals surface area contributed by atoms with Crippen LogP contribution in [-0.2, 0) is 9.53 Å². The number of carbonyl (C=O) groups excluding carboxylic acids is 2. The fraction of sp³-hybridized carbons (Fsp3) is 0.467. The molecule has 2 unspecified atom stereocenters. The van der Waals surface area contributed by atoms with E-state index >= 15 is 0 Å². The van der Waals surface area contributed by atoms with E-state index in [9.17, 15) is 9.59 Å². The maximum atomic E-state index is 12.2. The summed E-state index contributed by atoms with van der Waals surface area (Å²) in [4.78, 5) is 23.9. The molecule has 1 N–H and O–H groups in total. The molecule has 2 rings (SSSR count). The number of nitrogens with one attached hydrogen (secondary N) is 1. The Labute approximate surface area is 113 Å². The molecule has 1 amide bonds. The Kier molecular flexibility index (Phi) is 4.00. The molecule has 1 aromatic carbocycles. The van der Waals surface area contributed by atoms with E-state index in [-0.39, 0.29) is 23.7 Å². The third-order valence-corrected chi connectivity index (χ3v) is 3.60. The van der Waals surface area contributed by atoms with Crippen molar-refractivity contribution in [2.45, 2.75) is 33.3 Å². The lowest BCUT2D eigenvalue weighted by atomic mass is 9.99. The normalized spacial score (nSPS) is 22.3. The van der Waals surface area contributed by atoms with Crippen molar-refractivity contribution in [1.82, 2.24) is 0 Å². The lowest BCUT2D eigenvalue weighted by molar-refractivity contribution is -0.121. The number of anilines is 1. The van der Waals surface area contributed by atoms with Gasteiger partial charge in [-0.15, -0.1) is 0 Å². The summed E-state index contributed by atoms with van der Waals surface area (Å²) in [7, 11) is 0. The van der Waals surface area contributed by atoms with Crippen molar-refractivity contribution in [3.8, 4) is 0 Å². The van der Waals surface area contributed by atoms with Gasteiger partial charge in [-0.25, -0.2) is 0 Å². The summed E-state index contributed by atoms with van der Waals surface area (Å²) in [5.74, 6) is -0.248. The molecule has 1 saturated heterocycles.